The molecule has 3 N–H and O–H groups in total. The van der Waals surface area contributed by atoms with Gasteiger partial charge >= 0.3 is 5.97 Å². The monoisotopic (exact) mass is 544 g/mol. The van der Waals surface area contributed by atoms with Crippen molar-refractivity contribution in [1.29, 1.82) is 0 Å². The SMILES string of the molecule is COc1cc(Nc2nc(Nc3cccc(C(=O)O)c3)c3c(C)csc3n2)ccc1N1CCC(N2CCC2)CC1. The molecule has 2 aliphatic heterocycles. The number of aromatic carboxylic acids is 1. The predicted molar refractivity (Wildman–Crippen MR) is 157 cm³/mol. The van der Waals surface area contributed by atoms with Crippen LogP contribution in [0.3, 0.4) is 0 Å². The lowest BCUT2D eigenvalue weighted by Crippen LogP contribution is -2.50. The fourth-order valence-electron chi connectivity index (χ4n) is 5.42. The maximum absolute atomic E-state index is 11.4. The van der Waals surface area contributed by atoms with Gasteiger partial charge in [0.2, 0.25) is 5.95 Å². The molecule has 0 saturated carbocycles. The number of ether oxygens (including phenoxy) is 1. The molecule has 6 rings (SSSR count). The Morgan fingerprint density at radius 1 is 1.05 bits per heavy atom. The number of rotatable bonds is 8. The van der Waals surface area contributed by atoms with Crippen LogP contribution in [0.25, 0.3) is 10.2 Å². The summed E-state index contributed by atoms with van der Waals surface area (Å²) in [5.74, 6) is 0.918. The van der Waals surface area contributed by atoms with Crippen molar-refractivity contribution in [1.82, 2.24) is 14.9 Å². The number of carbonyl (C=O) groups is 1. The smallest absolute Gasteiger partial charge is 0.335 e. The number of nitrogens with zero attached hydrogens (tertiary/aromatic N) is 4. The number of carboxylic acid groups (broad SMARTS) is 1. The van der Waals surface area contributed by atoms with Crippen LogP contribution in [-0.2, 0) is 0 Å². The van der Waals surface area contributed by atoms with Crippen LogP contribution in [0.15, 0.2) is 47.8 Å². The first-order valence-electron chi connectivity index (χ1n) is 13.3. The van der Waals surface area contributed by atoms with Crippen LogP contribution in [0.4, 0.5) is 28.8 Å². The Hall–Kier alpha value is -3.89. The Bertz CT molecular complexity index is 1510. The molecule has 0 unspecified atom stereocenters. The number of thiophene rings is 1. The summed E-state index contributed by atoms with van der Waals surface area (Å²) in [4.78, 5) is 26.8. The van der Waals surface area contributed by atoms with Gasteiger partial charge in [0.1, 0.15) is 16.4 Å². The van der Waals surface area contributed by atoms with Gasteiger partial charge in [-0.05, 0) is 80.6 Å². The topological polar surface area (TPSA) is 103 Å². The highest BCUT2D eigenvalue weighted by Gasteiger charge is 2.28. The van der Waals surface area contributed by atoms with Crippen molar-refractivity contribution in [3.63, 3.8) is 0 Å². The molecular formula is C29H32N6O3S. The standard InChI is InChI=1S/C29H32N6O3S/c1-18-17-39-27-25(18)26(30-20-6-3-5-19(15-20)28(36)37)32-29(33-27)31-21-7-8-23(24(16-21)38-2)35-13-9-22(10-14-35)34-11-4-12-34/h3,5-8,15-17,22H,4,9-14H2,1-2H3,(H,36,37)(H2,30,31,32,33). The van der Waals surface area contributed by atoms with E-state index in [1.807, 2.05) is 30.5 Å². The molecule has 0 spiro atoms. The molecule has 2 aromatic carbocycles. The Labute approximate surface area is 231 Å². The highest BCUT2D eigenvalue weighted by atomic mass is 32.1. The number of likely N-dealkylation sites (tertiary alicyclic amines) is 1. The largest absolute Gasteiger partial charge is 0.495 e. The average molecular weight is 545 g/mol. The summed E-state index contributed by atoms with van der Waals surface area (Å²) in [5, 5.41) is 19.0. The van der Waals surface area contributed by atoms with Crippen molar-refractivity contribution >= 4 is 56.4 Å². The number of carboxylic acids is 1. The van der Waals surface area contributed by atoms with Gasteiger partial charge in [-0.15, -0.1) is 11.3 Å². The molecule has 0 bridgehead atoms. The highest BCUT2D eigenvalue weighted by Crippen LogP contribution is 2.36. The predicted octanol–water partition coefficient (Wildman–Crippen LogP) is 5.87. The van der Waals surface area contributed by atoms with Gasteiger partial charge in [-0.2, -0.15) is 4.98 Å². The molecule has 0 radical (unpaired) electrons. The number of nitrogens with one attached hydrogen (secondary N) is 2. The van der Waals surface area contributed by atoms with Gasteiger partial charge in [0, 0.05) is 36.6 Å². The van der Waals surface area contributed by atoms with Gasteiger partial charge in [-0.3, -0.25) is 0 Å². The Kier molecular flexibility index (Phi) is 6.97. The number of aromatic nitrogens is 2. The van der Waals surface area contributed by atoms with Crippen LogP contribution in [0.2, 0.25) is 0 Å². The fourth-order valence-corrected chi connectivity index (χ4v) is 6.34. The molecule has 4 heterocycles. The van der Waals surface area contributed by atoms with Gasteiger partial charge in [-0.1, -0.05) is 6.07 Å². The van der Waals surface area contributed by atoms with E-state index in [9.17, 15) is 9.90 Å². The zero-order valence-electron chi connectivity index (χ0n) is 22.1. The average Bonchev–Trinajstić information content (AvgIpc) is 3.29. The summed E-state index contributed by atoms with van der Waals surface area (Å²) in [7, 11) is 1.71. The molecular weight excluding hydrogens is 512 g/mol. The molecule has 2 aliphatic rings. The van der Waals surface area contributed by atoms with Crippen LogP contribution >= 0.6 is 11.3 Å². The number of anilines is 5. The third kappa shape index (κ3) is 5.22. The number of methoxy groups -OCH3 is 1. The zero-order chi connectivity index (χ0) is 26.9. The van der Waals surface area contributed by atoms with E-state index in [1.165, 1.54) is 32.4 Å². The number of hydrogen-bond acceptors (Lipinski definition) is 9. The highest BCUT2D eigenvalue weighted by molar-refractivity contribution is 7.17. The van der Waals surface area contributed by atoms with Crippen molar-refractivity contribution in [3.05, 3.63) is 59.0 Å². The Morgan fingerprint density at radius 3 is 2.56 bits per heavy atom. The normalized spacial score (nSPS) is 16.2. The van der Waals surface area contributed by atoms with E-state index in [-0.39, 0.29) is 5.56 Å². The summed E-state index contributed by atoms with van der Waals surface area (Å²) in [5.41, 5.74) is 3.86. The summed E-state index contributed by atoms with van der Waals surface area (Å²) in [6.07, 6.45) is 3.70. The summed E-state index contributed by atoms with van der Waals surface area (Å²) in [6, 6.07) is 13.6. The van der Waals surface area contributed by atoms with Crippen LogP contribution in [-0.4, -0.2) is 65.3 Å². The lowest BCUT2D eigenvalue weighted by atomic mass is 9.99. The third-order valence-electron chi connectivity index (χ3n) is 7.64. The van der Waals surface area contributed by atoms with E-state index in [0.29, 0.717) is 23.5 Å². The van der Waals surface area contributed by atoms with Gasteiger partial charge in [0.05, 0.1) is 23.7 Å². The first-order chi connectivity index (χ1) is 19.0. The molecule has 2 aromatic heterocycles. The van der Waals surface area contributed by atoms with E-state index in [1.54, 1.807) is 36.6 Å². The van der Waals surface area contributed by atoms with E-state index in [0.717, 1.165) is 46.0 Å². The maximum Gasteiger partial charge on any atom is 0.335 e. The first kappa shape index (κ1) is 25.4. The Morgan fingerprint density at radius 2 is 1.85 bits per heavy atom. The number of hydrogen-bond donors (Lipinski definition) is 3. The number of piperidine rings is 1. The van der Waals surface area contributed by atoms with Crippen molar-refractivity contribution in [2.75, 3.05) is 48.8 Å². The van der Waals surface area contributed by atoms with Crippen LogP contribution < -0.4 is 20.3 Å². The summed E-state index contributed by atoms with van der Waals surface area (Å²) >= 11 is 1.55. The zero-order valence-corrected chi connectivity index (χ0v) is 22.9. The number of benzene rings is 2. The van der Waals surface area contributed by atoms with Gasteiger partial charge < -0.3 is 30.3 Å². The van der Waals surface area contributed by atoms with Gasteiger partial charge in [0.25, 0.3) is 0 Å². The molecule has 2 saturated heterocycles. The van der Waals surface area contributed by atoms with Crippen molar-refractivity contribution < 1.29 is 14.6 Å². The van der Waals surface area contributed by atoms with E-state index < -0.39 is 5.97 Å². The number of fused-ring (bicyclic) bond motifs is 1. The van der Waals surface area contributed by atoms with Gasteiger partial charge in [-0.25, -0.2) is 9.78 Å². The van der Waals surface area contributed by atoms with E-state index >= 15 is 0 Å². The second-order valence-electron chi connectivity index (χ2n) is 10.1. The molecule has 202 valence electrons. The summed E-state index contributed by atoms with van der Waals surface area (Å²) in [6.45, 7) is 6.57. The van der Waals surface area contributed by atoms with Crippen LogP contribution in [0.5, 0.6) is 5.75 Å². The maximum atomic E-state index is 11.4. The van der Waals surface area contributed by atoms with Crippen molar-refractivity contribution in [2.24, 2.45) is 0 Å². The van der Waals surface area contributed by atoms with Gasteiger partial charge in [0.15, 0.2) is 0 Å². The molecule has 0 amide bonds. The minimum absolute atomic E-state index is 0.211. The molecule has 39 heavy (non-hydrogen) atoms. The quantitative estimate of drug-likeness (QED) is 0.251. The first-order valence-corrected chi connectivity index (χ1v) is 14.2. The van der Waals surface area contributed by atoms with E-state index in [4.69, 9.17) is 14.7 Å². The van der Waals surface area contributed by atoms with Crippen LogP contribution in [0, 0.1) is 6.92 Å². The molecule has 9 nitrogen and oxygen atoms in total. The number of aryl methyl sites for hydroxylation is 1. The molecule has 4 aromatic rings. The molecule has 10 heteroatoms. The molecule has 0 aliphatic carbocycles. The van der Waals surface area contributed by atoms with Crippen LogP contribution in [0.1, 0.15) is 35.2 Å². The second-order valence-corrected chi connectivity index (χ2v) is 11.0. The summed E-state index contributed by atoms with van der Waals surface area (Å²) < 4.78 is 5.80. The van der Waals surface area contributed by atoms with E-state index in [2.05, 4.69) is 26.5 Å². The minimum Gasteiger partial charge on any atom is -0.495 e. The lowest BCUT2D eigenvalue weighted by molar-refractivity contribution is 0.0697. The molecule has 0 atom stereocenters. The fraction of sp³-hybridized carbons (Fsp3) is 0.345. The Balaban J connectivity index is 1.24. The second kappa shape index (κ2) is 10.7. The third-order valence-corrected chi connectivity index (χ3v) is 8.63. The van der Waals surface area contributed by atoms with Crippen molar-refractivity contribution in [2.45, 2.75) is 32.2 Å². The van der Waals surface area contributed by atoms with Crippen molar-refractivity contribution in [3.8, 4) is 5.75 Å². The minimum atomic E-state index is -0.974. The lowest BCUT2D eigenvalue weighted by Gasteiger charge is -2.43. The molecule has 2 fully saturated rings.